The predicted octanol–water partition coefficient (Wildman–Crippen LogP) is 2.83. The maximum atomic E-state index is 13.3. The van der Waals surface area contributed by atoms with E-state index in [1.54, 1.807) is 23.2 Å². The van der Waals surface area contributed by atoms with E-state index < -0.39 is 0 Å². The molecule has 1 aromatic heterocycles. The highest BCUT2D eigenvalue weighted by Gasteiger charge is 2.48. The van der Waals surface area contributed by atoms with Crippen molar-refractivity contribution in [1.82, 2.24) is 20.4 Å². The van der Waals surface area contributed by atoms with E-state index in [1.807, 2.05) is 0 Å². The molecule has 0 saturated heterocycles. The van der Waals surface area contributed by atoms with E-state index in [0.717, 1.165) is 11.8 Å². The molecule has 4 N–H and O–H groups in total. The average Bonchev–Trinajstić information content (AvgIpc) is 3.15. The van der Waals surface area contributed by atoms with Gasteiger partial charge in [-0.2, -0.15) is 5.10 Å². The van der Waals surface area contributed by atoms with E-state index in [4.69, 9.17) is 10.5 Å². The third-order valence-electron chi connectivity index (χ3n) is 7.09. The maximum Gasteiger partial charge on any atom is 0.258 e. The van der Waals surface area contributed by atoms with Crippen molar-refractivity contribution in [2.45, 2.75) is 58.4 Å². The van der Waals surface area contributed by atoms with Crippen LogP contribution in [0.2, 0.25) is 0 Å². The Morgan fingerprint density at radius 1 is 1.21 bits per heavy atom. The van der Waals surface area contributed by atoms with Crippen LogP contribution in [0.25, 0.3) is 6.20 Å². The van der Waals surface area contributed by atoms with Gasteiger partial charge in [-0.25, -0.2) is 4.68 Å². The fourth-order valence-corrected chi connectivity index (χ4v) is 5.94. The SMILES string of the molecule is CC(C)COc1c(C(=O)NC2C3CC4CC(C3)CC2C4)cnn1/C=C/CC(=O)NCCN.Cl. The van der Waals surface area contributed by atoms with Crippen molar-refractivity contribution >= 4 is 30.4 Å². The molecule has 9 heteroatoms. The van der Waals surface area contributed by atoms with Crippen molar-refractivity contribution in [2.75, 3.05) is 19.7 Å². The summed E-state index contributed by atoms with van der Waals surface area (Å²) >= 11 is 0. The van der Waals surface area contributed by atoms with Crippen molar-refractivity contribution in [3.05, 3.63) is 17.8 Å². The van der Waals surface area contributed by atoms with Crippen LogP contribution in [-0.2, 0) is 4.79 Å². The van der Waals surface area contributed by atoms with Gasteiger partial charge >= 0.3 is 0 Å². The van der Waals surface area contributed by atoms with E-state index in [0.29, 0.717) is 48.9 Å². The van der Waals surface area contributed by atoms with Crippen molar-refractivity contribution < 1.29 is 14.3 Å². The van der Waals surface area contributed by atoms with Crippen molar-refractivity contribution in [3.8, 4) is 5.88 Å². The lowest BCUT2D eigenvalue weighted by Gasteiger charge is -2.54. The van der Waals surface area contributed by atoms with Gasteiger partial charge in [0, 0.05) is 31.8 Å². The van der Waals surface area contributed by atoms with Crippen LogP contribution in [-0.4, -0.2) is 47.3 Å². The van der Waals surface area contributed by atoms with Gasteiger partial charge in [0.25, 0.3) is 5.91 Å². The molecular formula is C24H38ClN5O3. The number of carbonyl (C=O) groups excluding carboxylic acids is 2. The predicted molar refractivity (Wildman–Crippen MR) is 130 cm³/mol. The number of nitrogens with two attached hydrogens (primary N) is 1. The molecular weight excluding hydrogens is 442 g/mol. The van der Waals surface area contributed by atoms with Gasteiger partial charge in [-0.05, 0) is 61.7 Å². The number of carbonyl (C=O) groups is 2. The molecule has 4 fully saturated rings. The minimum Gasteiger partial charge on any atom is -0.477 e. The van der Waals surface area contributed by atoms with E-state index in [9.17, 15) is 9.59 Å². The highest BCUT2D eigenvalue weighted by atomic mass is 35.5. The summed E-state index contributed by atoms with van der Waals surface area (Å²) in [6, 6.07) is 0.262. The molecule has 0 spiro atoms. The molecule has 4 saturated carbocycles. The maximum absolute atomic E-state index is 13.3. The molecule has 1 heterocycles. The molecule has 0 radical (unpaired) electrons. The number of hydrogen-bond acceptors (Lipinski definition) is 5. The molecule has 33 heavy (non-hydrogen) atoms. The molecule has 4 aliphatic rings. The van der Waals surface area contributed by atoms with Gasteiger partial charge in [0.05, 0.1) is 12.8 Å². The second-order valence-corrected chi connectivity index (χ2v) is 10.2. The minimum absolute atomic E-state index is 0. The average molecular weight is 480 g/mol. The number of hydrogen-bond donors (Lipinski definition) is 3. The second kappa shape index (κ2) is 11.4. The molecule has 0 aliphatic heterocycles. The van der Waals surface area contributed by atoms with Crippen molar-refractivity contribution in [1.29, 1.82) is 0 Å². The van der Waals surface area contributed by atoms with E-state index in [-0.39, 0.29) is 36.7 Å². The van der Waals surface area contributed by atoms with Gasteiger partial charge in [0.1, 0.15) is 5.56 Å². The van der Waals surface area contributed by atoms with E-state index >= 15 is 0 Å². The molecule has 184 valence electrons. The Kier molecular flexibility index (Phi) is 8.82. The van der Waals surface area contributed by atoms with Crippen molar-refractivity contribution in [2.24, 2.45) is 35.3 Å². The summed E-state index contributed by atoms with van der Waals surface area (Å²) in [5.74, 6) is 3.47. The summed E-state index contributed by atoms with van der Waals surface area (Å²) in [4.78, 5) is 25.1. The lowest BCUT2D eigenvalue weighted by atomic mass is 9.54. The molecule has 2 amide bonds. The lowest BCUT2D eigenvalue weighted by Crippen LogP contribution is -2.55. The number of nitrogens with zero attached hydrogens (tertiary/aromatic N) is 2. The molecule has 0 unspecified atom stereocenters. The standard InChI is InChI=1S/C24H37N5O3.ClH/c1-15(2)14-32-24-20(13-27-29(24)7-3-4-21(30)26-6-5-25)23(31)28-22-18-9-16-8-17(11-18)12-19(22)10-16;/h3,7,13,15-19,22H,4-6,8-12,14,25H2,1-2H3,(H,26,30)(H,28,31);1H/b7-3+;. The summed E-state index contributed by atoms with van der Waals surface area (Å²) in [6.45, 7) is 5.46. The largest absolute Gasteiger partial charge is 0.477 e. The number of aromatic nitrogens is 2. The molecule has 0 atom stereocenters. The number of ether oxygens (including phenoxy) is 1. The zero-order valence-corrected chi connectivity index (χ0v) is 20.5. The third kappa shape index (κ3) is 6.09. The fourth-order valence-electron chi connectivity index (χ4n) is 5.94. The number of rotatable bonds is 10. The first kappa shape index (κ1) is 25.6. The van der Waals surface area contributed by atoms with Gasteiger partial charge in [-0.3, -0.25) is 9.59 Å². The quantitative estimate of drug-likeness (QED) is 0.477. The smallest absolute Gasteiger partial charge is 0.258 e. The number of amides is 2. The zero-order chi connectivity index (χ0) is 22.7. The number of halogens is 1. The Morgan fingerprint density at radius 2 is 1.88 bits per heavy atom. The first-order valence-electron chi connectivity index (χ1n) is 12.1. The Labute approximate surface area is 202 Å². The summed E-state index contributed by atoms with van der Waals surface area (Å²) in [6.07, 6.45) is 11.6. The zero-order valence-electron chi connectivity index (χ0n) is 19.7. The Morgan fingerprint density at radius 3 is 2.48 bits per heavy atom. The summed E-state index contributed by atoms with van der Waals surface area (Å²) in [7, 11) is 0. The Bertz CT molecular complexity index is 825. The molecule has 4 aliphatic carbocycles. The van der Waals surface area contributed by atoms with Crippen LogP contribution >= 0.6 is 12.4 Å². The first-order valence-corrected chi connectivity index (χ1v) is 12.1. The molecule has 4 bridgehead atoms. The van der Waals surface area contributed by atoms with Crippen molar-refractivity contribution in [3.63, 3.8) is 0 Å². The first-order chi connectivity index (χ1) is 15.4. The summed E-state index contributed by atoms with van der Waals surface area (Å²) in [5, 5.41) is 10.4. The van der Waals surface area contributed by atoms with E-state index in [1.165, 1.54) is 32.1 Å². The van der Waals surface area contributed by atoms with Crippen LogP contribution in [0.15, 0.2) is 12.3 Å². The Hall–Kier alpha value is -2.06. The normalized spacial score (nSPS) is 27.6. The minimum atomic E-state index is -0.110. The van der Waals surface area contributed by atoms with Gasteiger partial charge < -0.3 is 21.1 Å². The highest BCUT2D eigenvalue weighted by molar-refractivity contribution is 5.96. The van der Waals surface area contributed by atoms with Crippen LogP contribution in [0.4, 0.5) is 0 Å². The Balaban J connectivity index is 0.00000306. The number of nitrogens with one attached hydrogen (secondary N) is 2. The van der Waals surface area contributed by atoms with Gasteiger partial charge in [0.15, 0.2) is 0 Å². The molecule has 0 aromatic carbocycles. The van der Waals surface area contributed by atoms with Gasteiger partial charge in [-0.15, -0.1) is 12.4 Å². The third-order valence-corrected chi connectivity index (χ3v) is 7.09. The molecule has 1 aromatic rings. The van der Waals surface area contributed by atoms with Crippen LogP contribution < -0.4 is 21.1 Å². The summed E-state index contributed by atoms with van der Waals surface area (Å²) in [5.41, 5.74) is 5.86. The molecule has 8 nitrogen and oxygen atoms in total. The lowest BCUT2D eigenvalue weighted by molar-refractivity contribution is -0.120. The van der Waals surface area contributed by atoms with Gasteiger partial charge in [-0.1, -0.05) is 19.9 Å². The van der Waals surface area contributed by atoms with Crippen LogP contribution in [0, 0.1) is 29.6 Å². The summed E-state index contributed by atoms with van der Waals surface area (Å²) < 4.78 is 7.54. The fraction of sp³-hybridized carbons (Fsp3) is 0.708. The van der Waals surface area contributed by atoms with Crippen LogP contribution in [0.1, 0.15) is 62.7 Å². The highest BCUT2D eigenvalue weighted by Crippen LogP contribution is 2.53. The monoisotopic (exact) mass is 479 g/mol. The van der Waals surface area contributed by atoms with E-state index in [2.05, 4.69) is 29.6 Å². The van der Waals surface area contributed by atoms with Crippen LogP contribution in [0.5, 0.6) is 5.88 Å². The second-order valence-electron chi connectivity index (χ2n) is 10.2. The molecule has 5 rings (SSSR count). The van der Waals surface area contributed by atoms with Crippen LogP contribution in [0.3, 0.4) is 0 Å². The topological polar surface area (TPSA) is 111 Å². The van der Waals surface area contributed by atoms with Gasteiger partial charge in [0.2, 0.25) is 11.8 Å².